The summed E-state index contributed by atoms with van der Waals surface area (Å²) in [6.07, 6.45) is -0.828. The molecule has 0 aliphatic heterocycles. The molecule has 32 heavy (non-hydrogen) atoms. The minimum absolute atomic E-state index is 0.0936. The van der Waals surface area contributed by atoms with Crippen LogP contribution in [0.1, 0.15) is 32.1 Å². The number of nitrogens with zero attached hydrogens (tertiary/aromatic N) is 3. The molecule has 0 radical (unpaired) electrons. The lowest BCUT2D eigenvalue weighted by atomic mass is 9.76. The van der Waals surface area contributed by atoms with E-state index in [2.05, 4.69) is 25.3 Å². The van der Waals surface area contributed by atoms with E-state index in [4.69, 9.17) is 0 Å². The van der Waals surface area contributed by atoms with Gasteiger partial charge in [0.1, 0.15) is 17.3 Å². The molecule has 1 unspecified atom stereocenters. The molecule has 1 aliphatic carbocycles. The molecule has 0 bridgehead atoms. The average Bonchev–Trinajstić information content (AvgIpc) is 3.36. The molecular weight excluding hydrogens is 545 g/mol. The number of hydrogen-bond acceptors (Lipinski definition) is 5. The highest BCUT2D eigenvalue weighted by atomic mass is 127. The molecule has 1 saturated carbocycles. The third kappa shape index (κ3) is 4.11. The number of nitrogens with one attached hydrogen (secondary N) is 2. The van der Waals surface area contributed by atoms with Crippen molar-refractivity contribution in [2.45, 2.75) is 44.3 Å². The van der Waals surface area contributed by atoms with Crippen LogP contribution in [-0.4, -0.2) is 43.2 Å². The van der Waals surface area contributed by atoms with Crippen molar-refractivity contribution >= 4 is 45.4 Å². The Morgan fingerprint density at radius 2 is 2.00 bits per heavy atom. The Bertz CT molecular complexity index is 1160. The number of H-pyrrole nitrogens is 1. The quantitative estimate of drug-likeness (QED) is 0.284. The van der Waals surface area contributed by atoms with Crippen molar-refractivity contribution in [1.29, 1.82) is 0 Å². The van der Waals surface area contributed by atoms with Gasteiger partial charge in [0.05, 0.1) is 27.6 Å². The number of hydrogen-bond donors (Lipinski definition) is 3. The second kappa shape index (κ2) is 8.45. The molecule has 170 valence electrons. The van der Waals surface area contributed by atoms with Crippen LogP contribution in [0.3, 0.4) is 0 Å². The molecular formula is C20H18F4IN5O2. The lowest BCUT2D eigenvalue weighted by Crippen LogP contribution is -2.50. The lowest BCUT2D eigenvalue weighted by molar-refractivity contribution is -0.228. The zero-order valence-electron chi connectivity index (χ0n) is 16.5. The molecule has 0 aromatic carbocycles. The van der Waals surface area contributed by atoms with E-state index in [-0.39, 0.29) is 24.5 Å². The van der Waals surface area contributed by atoms with Gasteiger partial charge in [-0.15, -0.1) is 0 Å². The largest absolute Gasteiger partial charge is 0.481 e. The fourth-order valence-corrected chi connectivity index (χ4v) is 4.74. The van der Waals surface area contributed by atoms with Crippen molar-refractivity contribution in [3.8, 4) is 11.4 Å². The summed E-state index contributed by atoms with van der Waals surface area (Å²) in [5.41, 5.74) is -1.33. The SMILES string of the molecule is O=C(O)CC(Nc1nc(-c2c[nH]c3ncc(F)cc23)ncc1I)C1(C(F)(F)F)CCCC1. The molecule has 0 saturated heterocycles. The first-order valence-electron chi connectivity index (χ1n) is 9.81. The highest BCUT2D eigenvalue weighted by molar-refractivity contribution is 14.1. The summed E-state index contributed by atoms with van der Waals surface area (Å²) in [5, 5.41) is 12.5. The van der Waals surface area contributed by atoms with Gasteiger partial charge in [-0.05, 0) is 41.5 Å². The van der Waals surface area contributed by atoms with E-state index in [1.54, 1.807) is 0 Å². The van der Waals surface area contributed by atoms with Crippen LogP contribution < -0.4 is 5.32 Å². The van der Waals surface area contributed by atoms with Crippen molar-refractivity contribution in [2.24, 2.45) is 5.41 Å². The van der Waals surface area contributed by atoms with Gasteiger partial charge >= 0.3 is 12.1 Å². The van der Waals surface area contributed by atoms with E-state index >= 15 is 0 Å². The highest BCUT2D eigenvalue weighted by Gasteiger charge is 2.60. The number of aromatic nitrogens is 4. The lowest BCUT2D eigenvalue weighted by Gasteiger charge is -2.39. The average molecular weight is 563 g/mol. The van der Waals surface area contributed by atoms with Crippen LogP contribution in [0.15, 0.2) is 24.7 Å². The van der Waals surface area contributed by atoms with Gasteiger partial charge in [0.25, 0.3) is 0 Å². The van der Waals surface area contributed by atoms with Gasteiger partial charge in [-0.2, -0.15) is 13.2 Å². The zero-order valence-corrected chi connectivity index (χ0v) is 18.7. The van der Waals surface area contributed by atoms with Gasteiger partial charge < -0.3 is 15.4 Å². The molecule has 1 aliphatic rings. The number of aromatic amines is 1. The smallest absolute Gasteiger partial charge is 0.396 e. The number of carbonyl (C=O) groups is 1. The van der Waals surface area contributed by atoms with Gasteiger partial charge in [-0.1, -0.05) is 12.8 Å². The van der Waals surface area contributed by atoms with Crippen LogP contribution in [0, 0.1) is 14.8 Å². The molecule has 3 heterocycles. The summed E-state index contributed by atoms with van der Waals surface area (Å²) in [4.78, 5) is 26.9. The second-order valence-corrected chi connectivity index (χ2v) is 8.96. The maximum absolute atomic E-state index is 14.1. The number of alkyl halides is 3. The van der Waals surface area contributed by atoms with Gasteiger partial charge in [0.2, 0.25) is 0 Å². The molecule has 12 heteroatoms. The molecule has 1 atom stereocenters. The normalized spacial score (nSPS) is 16.9. The first kappa shape index (κ1) is 22.7. The van der Waals surface area contributed by atoms with Gasteiger partial charge in [-0.25, -0.2) is 19.3 Å². The third-order valence-corrected chi connectivity index (χ3v) is 6.69. The monoisotopic (exact) mass is 563 g/mol. The minimum Gasteiger partial charge on any atom is -0.481 e. The fraction of sp³-hybridized carbons (Fsp3) is 0.400. The molecule has 0 amide bonds. The standard InChI is InChI=1S/C20H18F4IN5O2/c21-10-5-11-12(8-27-16(11)26-7-10)17-28-9-13(25)18(30-17)29-14(6-15(31)32)19(20(22,23)24)3-1-2-4-19/h5,7-9,14H,1-4,6H2,(H,26,27)(H,31,32)(H,28,29,30). The molecule has 4 rings (SSSR count). The first-order chi connectivity index (χ1) is 15.1. The zero-order chi connectivity index (χ0) is 23.1. The number of halogens is 5. The Balaban J connectivity index is 1.75. The molecule has 3 aromatic heterocycles. The van der Waals surface area contributed by atoms with Crippen molar-refractivity contribution in [1.82, 2.24) is 19.9 Å². The fourth-order valence-electron chi connectivity index (χ4n) is 4.32. The molecule has 0 spiro atoms. The van der Waals surface area contributed by atoms with E-state index in [9.17, 15) is 27.5 Å². The third-order valence-electron chi connectivity index (χ3n) is 5.90. The van der Waals surface area contributed by atoms with Gasteiger partial charge in [0.15, 0.2) is 5.82 Å². The number of pyridine rings is 1. The minimum atomic E-state index is -4.57. The maximum Gasteiger partial charge on any atom is 0.396 e. The van der Waals surface area contributed by atoms with Crippen molar-refractivity contribution in [3.05, 3.63) is 34.0 Å². The Hall–Kier alpha value is -2.51. The first-order valence-corrected chi connectivity index (χ1v) is 10.9. The number of anilines is 1. The predicted octanol–water partition coefficient (Wildman–Crippen LogP) is 5.14. The van der Waals surface area contributed by atoms with Crippen LogP contribution in [0.4, 0.5) is 23.4 Å². The van der Waals surface area contributed by atoms with Crippen LogP contribution >= 0.6 is 22.6 Å². The van der Waals surface area contributed by atoms with Crippen LogP contribution in [0.2, 0.25) is 0 Å². The number of rotatable bonds is 6. The summed E-state index contributed by atoms with van der Waals surface area (Å²) in [6.45, 7) is 0. The topological polar surface area (TPSA) is 104 Å². The molecule has 3 N–H and O–H groups in total. The number of fused-ring (bicyclic) bond motifs is 1. The van der Waals surface area contributed by atoms with Crippen LogP contribution in [0.25, 0.3) is 22.4 Å². The summed E-state index contributed by atoms with van der Waals surface area (Å²) >= 11 is 1.88. The Labute approximate surface area is 193 Å². The van der Waals surface area contributed by atoms with Gasteiger partial charge in [-0.3, -0.25) is 4.79 Å². The van der Waals surface area contributed by atoms with E-state index in [1.807, 2.05) is 22.6 Å². The highest BCUT2D eigenvalue weighted by Crippen LogP contribution is 2.54. The Morgan fingerprint density at radius 3 is 2.66 bits per heavy atom. The summed E-state index contributed by atoms with van der Waals surface area (Å²) in [6, 6.07) is -0.145. The number of carboxylic acids is 1. The Morgan fingerprint density at radius 1 is 1.28 bits per heavy atom. The van der Waals surface area contributed by atoms with Crippen LogP contribution in [-0.2, 0) is 4.79 Å². The van der Waals surface area contributed by atoms with Gasteiger partial charge in [0, 0.05) is 23.3 Å². The van der Waals surface area contributed by atoms with E-state index in [0.29, 0.717) is 33.0 Å². The molecule has 3 aromatic rings. The van der Waals surface area contributed by atoms with Crippen molar-refractivity contribution in [3.63, 3.8) is 0 Å². The van der Waals surface area contributed by atoms with E-state index < -0.39 is 35.8 Å². The number of aliphatic carboxylic acids is 1. The second-order valence-electron chi connectivity index (χ2n) is 7.80. The maximum atomic E-state index is 14.1. The van der Waals surface area contributed by atoms with E-state index in [1.165, 1.54) is 18.5 Å². The predicted molar refractivity (Wildman–Crippen MR) is 116 cm³/mol. The number of carboxylic acid groups (broad SMARTS) is 1. The van der Waals surface area contributed by atoms with Crippen LogP contribution in [0.5, 0.6) is 0 Å². The Kier molecular flexibility index (Phi) is 5.98. The molecule has 1 fully saturated rings. The van der Waals surface area contributed by atoms with E-state index in [0.717, 1.165) is 6.20 Å². The van der Waals surface area contributed by atoms with Crippen molar-refractivity contribution < 1.29 is 27.5 Å². The summed E-state index contributed by atoms with van der Waals surface area (Å²) < 4.78 is 56.5. The summed E-state index contributed by atoms with van der Waals surface area (Å²) in [5.74, 6) is -1.65. The molecule has 7 nitrogen and oxygen atoms in total. The van der Waals surface area contributed by atoms with Crippen molar-refractivity contribution in [2.75, 3.05) is 5.32 Å². The summed E-state index contributed by atoms with van der Waals surface area (Å²) in [7, 11) is 0.